The number of benzene rings is 2. The van der Waals surface area contributed by atoms with E-state index in [-0.39, 0.29) is 11.8 Å². The highest BCUT2D eigenvalue weighted by atomic mass is 16.2. The predicted octanol–water partition coefficient (Wildman–Crippen LogP) is 2.44. The van der Waals surface area contributed by atoms with Gasteiger partial charge in [0.25, 0.3) is 5.91 Å². The number of carbonyl (C=O) groups excluding carboxylic acids is 2. The van der Waals surface area contributed by atoms with Crippen LogP contribution in [-0.2, 0) is 11.2 Å². The van der Waals surface area contributed by atoms with Crippen molar-refractivity contribution in [2.75, 3.05) is 29.9 Å². The van der Waals surface area contributed by atoms with Gasteiger partial charge < -0.3 is 15.5 Å². The summed E-state index contributed by atoms with van der Waals surface area (Å²) in [7, 11) is 0. The van der Waals surface area contributed by atoms with Crippen LogP contribution in [0.25, 0.3) is 0 Å². The van der Waals surface area contributed by atoms with Crippen LogP contribution in [0.5, 0.6) is 0 Å². The summed E-state index contributed by atoms with van der Waals surface area (Å²) in [6.07, 6.45) is 0.968. The summed E-state index contributed by atoms with van der Waals surface area (Å²) in [4.78, 5) is 26.3. The van der Waals surface area contributed by atoms with E-state index in [1.807, 2.05) is 25.1 Å². The zero-order valence-electron chi connectivity index (χ0n) is 13.7. The van der Waals surface area contributed by atoms with Crippen molar-refractivity contribution in [2.45, 2.75) is 13.3 Å². The summed E-state index contributed by atoms with van der Waals surface area (Å²) in [6.45, 7) is 3.61. The minimum atomic E-state index is -0.137. The van der Waals surface area contributed by atoms with Crippen LogP contribution in [0, 0.1) is 0 Å². The second kappa shape index (κ2) is 7.17. The molecule has 5 nitrogen and oxygen atoms in total. The van der Waals surface area contributed by atoms with Gasteiger partial charge in [0, 0.05) is 30.0 Å². The smallest absolute Gasteiger partial charge is 0.251 e. The largest absolute Gasteiger partial charge is 0.362 e. The average Bonchev–Trinajstić information content (AvgIpc) is 2.98. The molecule has 2 aromatic carbocycles. The van der Waals surface area contributed by atoms with Gasteiger partial charge in [-0.2, -0.15) is 0 Å². The topological polar surface area (TPSA) is 61.4 Å². The molecule has 0 saturated carbocycles. The highest BCUT2D eigenvalue weighted by Crippen LogP contribution is 2.27. The number of anilines is 2. The number of hydrogen-bond acceptors (Lipinski definition) is 3. The number of carbonyl (C=O) groups is 2. The molecule has 2 N–H and O–H groups in total. The third-order valence-corrected chi connectivity index (χ3v) is 4.06. The first-order valence-corrected chi connectivity index (χ1v) is 8.18. The minimum Gasteiger partial charge on any atom is -0.362 e. The molecule has 1 aliphatic rings. The zero-order chi connectivity index (χ0) is 16.9. The molecule has 124 valence electrons. The lowest BCUT2D eigenvalue weighted by Crippen LogP contribution is -2.32. The SMILES string of the molecule is CCNC(=O)c1cccc(NC(=O)CN2CCc3ccccc32)c1. The van der Waals surface area contributed by atoms with Gasteiger partial charge in [-0.25, -0.2) is 0 Å². The molecular weight excluding hydrogens is 302 g/mol. The van der Waals surface area contributed by atoms with Gasteiger partial charge in [0.05, 0.1) is 6.54 Å². The lowest BCUT2D eigenvalue weighted by atomic mass is 10.2. The van der Waals surface area contributed by atoms with Gasteiger partial charge in [0.1, 0.15) is 0 Å². The molecule has 24 heavy (non-hydrogen) atoms. The van der Waals surface area contributed by atoms with Gasteiger partial charge in [-0.15, -0.1) is 0 Å². The molecule has 2 aromatic rings. The monoisotopic (exact) mass is 323 g/mol. The van der Waals surface area contributed by atoms with Gasteiger partial charge in [-0.1, -0.05) is 24.3 Å². The van der Waals surface area contributed by atoms with Crippen LogP contribution in [0.15, 0.2) is 48.5 Å². The van der Waals surface area contributed by atoms with Gasteiger partial charge >= 0.3 is 0 Å². The molecular formula is C19H21N3O2. The Morgan fingerprint density at radius 2 is 1.96 bits per heavy atom. The molecule has 0 fully saturated rings. The Morgan fingerprint density at radius 1 is 1.12 bits per heavy atom. The van der Waals surface area contributed by atoms with Crippen molar-refractivity contribution in [2.24, 2.45) is 0 Å². The van der Waals surface area contributed by atoms with E-state index in [0.29, 0.717) is 24.3 Å². The fourth-order valence-electron chi connectivity index (χ4n) is 2.95. The second-order valence-electron chi connectivity index (χ2n) is 5.79. The number of amides is 2. The molecule has 1 aliphatic heterocycles. The second-order valence-corrected chi connectivity index (χ2v) is 5.79. The summed E-state index contributed by atoms with van der Waals surface area (Å²) in [5.41, 5.74) is 3.59. The van der Waals surface area contributed by atoms with E-state index in [9.17, 15) is 9.59 Å². The number of hydrogen-bond donors (Lipinski definition) is 2. The van der Waals surface area contributed by atoms with Crippen molar-refractivity contribution < 1.29 is 9.59 Å². The minimum absolute atomic E-state index is 0.0836. The van der Waals surface area contributed by atoms with Crippen molar-refractivity contribution in [3.8, 4) is 0 Å². The first-order chi connectivity index (χ1) is 11.7. The van der Waals surface area contributed by atoms with Crippen LogP contribution in [0.2, 0.25) is 0 Å². The summed E-state index contributed by atoms with van der Waals surface area (Å²) >= 11 is 0. The first kappa shape index (κ1) is 16.1. The molecule has 3 rings (SSSR count). The molecule has 0 aromatic heterocycles. The van der Waals surface area contributed by atoms with E-state index in [1.165, 1.54) is 5.56 Å². The van der Waals surface area contributed by atoms with E-state index in [2.05, 4.69) is 21.6 Å². The third kappa shape index (κ3) is 3.56. The maximum Gasteiger partial charge on any atom is 0.251 e. The molecule has 0 saturated heterocycles. The quantitative estimate of drug-likeness (QED) is 0.888. The molecule has 0 atom stereocenters. The third-order valence-electron chi connectivity index (χ3n) is 4.06. The Labute approximate surface area is 141 Å². The summed E-state index contributed by atoms with van der Waals surface area (Å²) in [5.74, 6) is -0.221. The van der Waals surface area contributed by atoms with E-state index in [1.54, 1.807) is 24.3 Å². The van der Waals surface area contributed by atoms with Crippen molar-refractivity contribution in [3.05, 3.63) is 59.7 Å². The molecule has 5 heteroatoms. The molecule has 0 aliphatic carbocycles. The van der Waals surface area contributed by atoms with Crippen LogP contribution in [0.3, 0.4) is 0 Å². The number of fused-ring (bicyclic) bond motifs is 1. The van der Waals surface area contributed by atoms with E-state index in [0.717, 1.165) is 18.7 Å². The Morgan fingerprint density at radius 3 is 2.79 bits per heavy atom. The predicted molar refractivity (Wildman–Crippen MR) is 95.4 cm³/mol. The van der Waals surface area contributed by atoms with Crippen molar-refractivity contribution in [3.63, 3.8) is 0 Å². The normalized spacial score (nSPS) is 12.6. The highest BCUT2D eigenvalue weighted by Gasteiger charge is 2.20. The Hall–Kier alpha value is -2.82. The van der Waals surface area contributed by atoms with E-state index >= 15 is 0 Å². The molecule has 0 bridgehead atoms. The zero-order valence-corrected chi connectivity index (χ0v) is 13.7. The van der Waals surface area contributed by atoms with Gasteiger partial charge in [0.2, 0.25) is 5.91 Å². The van der Waals surface area contributed by atoms with Crippen molar-refractivity contribution >= 4 is 23.2 Å². The van der Waals surface area contributed by atoms with Crippen LogP contribution in [0.4, 0.5) is 11.4 Å². The molecule has 2 amide bonds. The molecule has 0 unspecified atom stereocenters. The molecule has 0 radical (unpaired) electrons. The Kier molecular flexibility index (Phi) is 4.79. The van der Waals surface area contributed by atoms with E-state index in [4.69, 9.17) is 0 Å². The van der Waals surface area contributed by atoms with Crippen LogP contribution in [0.1, 0.15) is 22.8 Å². The maximum atomic E-state index is 12.3. The fourth-order valence-corrected chi connectivity index (χ4v) is 2.95. The summed E-state index contributed by atoms with van der Waals surface area (Å²) in [5, 5.41) is 5.63. The van der Waals surface area contributed by atoms with Crippen molar-refractivity contribution in [1.29, 1.82) is 0 Å². The maximum absolute atomic E-state index is 12.3. The Bertz CT molecular complexity index is 758. The molecule has 0 spiro atoms. The first-order valence-electron chi connectivity index (χ1n) is 8.18. The summed E-state index contributed by atoms with van der Waals surface area (Å²) < 4.78 is 0. The van der Waals surface area contributed by atoms with Crippen molar-refractivity contribution in [1.82, 2.24) is 5.32 Å². The fraction of sp³-hybridized carbons (Fsp3) is 0.263. The molecule has 1 heterocycles. The highest BCUT2D eigenvalue weighted by molar-refractivity contribution is 5.98. The number of nitrogens with one attached hydrogen (secondary N) is 2. The van der Waals surface area contributed by atoms with E-state index < -0.39 is 0 Å². The van der Waals surface area contributed by atoms with Gasteiger partial charge in [-0.3, -0.25) is 9.59 Å². The Balaban J connectivity index is 1.64. The summed E-state index contributed by atoms with van der Waals surface area (Å²) in [6, 6.07) is 15.1. The van der Waals surface area contributed by atoms with Crippen LogP contribution in [-0.4, -0.2) is 31.4 Å². The van der Waals surface area contributed by atoms with Gasteiger partial charge in [0.15, 0.2) is 0 Å². The number of nitrogens with zero attached hydrogens (tertiary/aromatic N) is 1. The number of para-hydroxylation sites is 1. The standard InChI is InChI=1S/C19H21N3O2/c1-2-20-19(24)15-7-5-8-16(12-15)21-18(23)13-22-11-10-14-6-3-4-9-17(14)22/h3-9,12H,2,10-11,13H2,1H3,(H,20,24)(H,21,23). The van der Waals surface area contributed by atoms with Crippen LogP contribution >= 0.6 is 0 Å². The van der Waals surface area contributed by atoms with Gasteiger partial charge in [-0.05, 0) is 43.2 Å². The van der Waals surface area contributed by atoms with Crippen LogP contribution < -0.4 is 15.5 Å². The lowest BCUT2D eigenvalue weighted by molar-refractivity contribution is -0.115. The lowest BCUT2D eigenvalue weighted by Gasteiger charge is -2.18. The number of rotatable bonds is 5. The average molecular weight is 323 g/mol.